The third-order valence-electron chi connectivity index (χ3n) is 4.30. The van der Waals surface area contributed by atoms with Crippen molar-refractivity contribution in [3.8, 4) is 0 Å². The van der Waals surface area contributed by atoms with E-state index in [0.29, 0.717) is 0 Å². The van der Waals surface area contributed by atoms with Gasteiger partial charge in [0.05, 0.1) is 48.9 Å². The molecule has 0 bridgehead atoms. The number of rotatable bonds is 22. The van der Waals surface area contributed by atoms with Crippen LogP contribution in [0.5, 0.6) is 0 Å². The molecule has 0 fully saturated rings. The zero-order valence-corrected chi connectivity index (χ0v) is 43.1. The maximum atomic E-state index is 10.5. The number of carboxylic acid groups (broad SMARTS) is 8. The molecule has 8 N–H and O–H groups in total. The van der Waals surface area contributed by atoms with Crippen LogP contribution in [0.1, 0.15) is 5.71 Å². The minimum Gasteiger partial charge on any atom is -1.00 e. The molecular formula is C20H36Ca3N4Na4O19. The molecule has 0 saturated carbocycles. The van der Waals surface area contributed by atoms with Crippen LogP contribution in [0.2, 0.25) is 0 Å². The van der Waals surface area contributed by atoms with Crippen molar-refractivity contribution in [1.82, 2.24) is 19.6 Å². The molecule has 0 saturated heterocycles. The van der Waals surface area contributed by atoms with Crippen LogP contribution in [-0.4, -0.2) is 286 Å². The van der Waals surface area contributed by atoms with Crippen molar-refractivity contribution in [3.05, 3.63) is 0 Å². The van der Waals surface area contributed by atoms with Gasteiger partial charge in [0.15, 0.2) is 0 Å². The van der Waals surface area contributed by atoms with E-state index < -0.39 is 100 Å². The fourth-order valence-corrected chi connectivity index (χ4v) is 2.90. The van der Waals surface area contributed by atoms with E-state index in [4.69, 9.17) is 10.2 Å². The summed E-state index contributed by atoms with van der Waals surface area (Å²) in [6.45, 7) is -6.00. The van der Waals surface area contributed by atoms with Crippen molar-refractivity contribution in [3.63, 3.8) is 0 Å². The van der Waals surface area contributed by atoms with Crippen molar-refractivity contribution >= 4 is 161 Å². The quantitative estimate of drug-likeness (QED) is 0.0955. The van der Waals surface area contributed by atoms with Crippen LogP contribution in [0.3, 0.4) is 0 Å². The molecule has 260 valence electrons. The molecule has 0 aliphatic carbocycles. The van der Waals surface area contributed by atoms with E-state index in [0.717, 1.165) is 19.6 Å². The third kappa shape index (κ3) is 63.2. The maximum absolute atomic E-state index is 10.5. The van der Waals surface area contributed by atoms with Crippen molar-refractivity contribution in [1.29, 1.82) is 0 Å². The fourth-order valence-electron chi connectivity index (χ4n) is 2.90. The summed E-state index contributed by atoms with van der Waals surface area (Å²) in [5.41, 5.74) is 0. The minimum absolute atomic E-state index is 0. The zero-order chi connectivity index (χ0) is 31.4. The van der Waals surface area contributed by atoms with E-state index >= 15 is 0 Å². The van der Waals surface area contributed by atoms with Crippen molar-refractivity contribution in [2.75, 3.05) is 78.5 Å². The van der Waals surface area contributed by atoms with Gasteiger partial charge in [-0.3, -0.25) is 29.2 Å². The van der Waals surface area contributed by atoms with E-state index in [1.807, 2.05) is 0 Å². The van der Waals surface area contributed by atoms with E-state index in [2.05, 4.69) is 0 Å². The van der Waals surface area contributed by atoms with Crippen LogP contribution >= 0.6 is 0 Å². The molecule has 0 unspecified atom stereocenters. The second kappa shape index (κ2) is 52.3. The first kappa shape index (κ1) is 85.4. The SMILES string of the molecule is O.O.O.O=C([O-])CN(CCN(CC(=O)O)CC(=O)O)CC(=O)[O-].O=C([O-])CN(CCN(CC(=O)[O-])CC(=O)[O-])CC(=O)[O-].[Ca+2].[Ca+2].[Ca+2].[H-].[H-].[H-].[H-].[Na+].[Na+].[Na+].[Na+]. The molecule has 0 atom stereocenters. The molecule has 50 heavy (non-hydrogen) atoms. The summed E-state index contributed by atoms with van der Waals surface area (Å²) in [6, 6.07) is 0. The number of nitrogens with zero attached hydrogens (tertiary/aromatic N) is 4. The fraction of sp³-hybridized carbons (Fsp3) is 0.600. The Balaban J connectivity index is -0.0000000303. The van der Waals surface area contributed by atoms with Gasteiger partial charge in [-0.25, -0.2) is 0 Å². The van der Waals surface area contributed by atoms with Gasteiger partial charge < -0.3 is 91.8 Å². The third-order valence-corrected chi connectivity index (χ3v) is 4.30. The first-order valence-electron chi connectivity index (χ1n) is 10.9. The van der Waals surface area contributed by atoms with Gasteiger partial charge in [0.25, 0.3) is 0 Å². The summed E-state index contributed by atoms with van der Waals surface area (Å²) in [4.78, 5) is 87.3. The van der Waals surface area contributed by atoms with Crippen LogP contribution in [0.25, 0.3) is 0 Å². The second-order valence-corrected chi connectivity index (χ2v) is 7.86. The smallest absolute Gasteiger partial charge is 1.00 e. The molecule has 0 aliphatic heterocycles. The Morgan fingerprint density at radius 2 is 0.480 bits per heavy atom. The van der Waals surface area contributed by atoms with E-state index in [1.54, 1.807) is 0 Å². The van der Waals surface area contributed by atoms with E-state index in [-0.39, 0.29) is 280 Å². The molecule has 0 aromatic carbocycles. The largest absolute Gasteiger partial charge is 2.00 e. The summed E-state index contributed by atoms with van der Waals surface area (Å²) in [5.74, 6) is -11.6. The summed E-state index contributed by atoms with van der Waals surface area (Å²) >= 11 is 0. The summed E-state index contributed by atoms with van der Waals surface area (Å²) in [6.07, 6.45) is 0. The van der Waals surface area contributed by atoms with Crippen molar-refractivity contribution in [2.24, 2.45) is 0 Å². The number of aliphatic carboxylic acids is 8. The maximum Gasteiger partial charge on any atom is 2.00 e. The molecule has 0 aromatic rings. The van der Waals surface area contributed by atoms with Crippen LogP contribution < -0.4 is 149 Å². The van der Waals surface area contributed by atoms with Gasteiger partial charge in [-0.1, -0.05) is 0 Å². The molecule has 0 aliphatic rings. The molecule has 0 rings (SSSR count). The summed E-state index contributed by atoms with van der Waals surface area (Å²) in [7, 11) is 0. The average molecular weight is 849 g/mol. The van der Waals surface area contributed by atoms with Gasteiger partial charge in [-0.2, -0.15) is 0 Å². The van der Waals surface area contributed by atoms with Crippen LogP contribution in [-0.2, 0) is 38.4 Å². The first-order valence-corrected chi connectivity index (χ1v) is 10.9. The standard InChI is InChI=1S/2C10H16N2O8.3Ca.4Na.3H2O.4H/c2*13-7(14)3-11(4-8(15)16)1-2-12(5-9(17)18)6-10(19)20;;;;;;;;;;;;;;/h2*1-6H2,(H,13,14)(H,15,16)(H,17,18)(H,19,20);;;;;;;;3*1H2;;;;/q;;3*+2;4*+1;;;;4*-1/p-6. The Hall–Kier alpha value is 3.26. The molecular weight excluding hydrogens is 812 g/mol. The minimum atomic E-state index is -1.53. The number of carboxylic acids is 8. The van der Waals surface area contributed by atoms with Crippen molar-refractivity contribution < 1.29 is 220 Å². The molecule has 30 heteroatoms. The van der Waals surface area contributed by atoms with Crippen LogP contribution in [0.15, 0.2) is 0 Å². The first-order chi connectivity index (χ1) is 18.4. The molecule has 23 nitrogen and oxygen atoms in total. The molecule has 0 amide bonds. The van der Waals surface area contributed by atoms with Gasteiger partial charge in [0.1, 0.15) is 0 Å². The van der Waals surface area contributed by atoms with Crippen LogP contribution in [0, 0.1) is 0 Å². The van der Waals surface area contributed by atoms with Gasteiger partial charge in [-0.15, -0.1) is 0 Å². The predicted octanol–water partition coefficient (Wildman–Crippen LogP) is -27.3. The Kier molecular flexibility index (Phi) is 89.3. The van der Waals surface area contributed by atoms with Crippen molar-refractivity contribution in [2.45, 2.75) is 0 Å². The zero-order valence-electron chi connectivity index (χ0n) is 32.5. The molecule has 0 spiro atoms. The van der Waals surface area contributed by atoms with E-state index in [1.165, 1.54) is 0 Å². The normalized spacial score (nSPS) is 8.56. The number of carbonyl (C=O) groups is 8. The summed E-state index contributed by atoms with van der Waals surface area (Å²) < 4.78 is 0. The number of hydrogen-bond acceptors (Lipinski definition) is 18. The monoisotopic (exact) mass is 848 g/mol. The van der Waals surface area contributed by atoms with Gasteiger partial charge in [0.2, 0.25) is 0 Å². The Morgan fingerprint density at radius 1 is 0.360 bits per heavy atom. The van der Waals surface area contributed by atoms with Gasteiger partial charge in [-0.05, 0) is 0 Å². The predicted molar refractivity (Wildman–Crippen MR) is 144 cm³/mol. The van der Waals surface area contributed by atoms with Gasteiger partial charge in [0, 0.05) is 65.4 Å². The molecule has 0 aromatic heterocycles. The number of hydrogen-bond donors (Lipinski definition) is 2. The second-order valence-electron chi connectivity index (χ2n) is 7.86. The van der Waals surface area contributed by atoms with Crippen LogP contribution in [0.4, 0.5) is 0 Å². The topological polar surface area (TPSA) is 423 Å². The number of carbonyl (C=O) groups excluding carboxylic acids is 6. The Labute approximate surface area is 470 Å². The summed E-state index contributed by atoms with van der Waals surface area (Å²) in [5, 5.41) is 79.7. The van der Waals surface area contributed by atoms with E-state index in [9.17, 15) is 69.0 Å². The Morgan fingerprint density at radius 3 is 0.580 bits per heavy atom. The molecule has 0 radical (unpaired) electrons. The average Bonchev–Trinajstić information content (AvgIpc) is 2.72. The molecule has 0 heterocycles. The Bertz CT molecular complexity index is 763. The van der Waals surface area contributed by atoms with Gasteiger partial charge >= 0.3 is 243 Å².